The number of rotatable bonds is 8. The van der Waals surface area contributed by atoms with E-state index >= 15 is 0 Å². The Morgan fingerprint density at radius 2 is 1.89 bits per heavy atom. The summed E-state index contributed by atoms with van der Waals surface area (Å²) >= 11 is 0. The molecule has 0 spiro atoms. The van der Waals surface area contributed by atoms with Crippen molar-refractivity contribution in [1.29, 1.82) is 0 Å². The van der Waals surface area contributed by atoms with Crippen LogP contribution in [0.4, 0.5) is 0 Å². The molecule has 0 aromatic heterocycles. The SMILES string of the molecule is CC(C)Cc1ccc(C(CN)NCCC2CC2)cc1. The lowest BCUT2D eigenvalue weighted by Gasteiger charge is -2.18. The van der Waals surface area contributed by atoms with Crippen LogP contribution < -0.4 is 11.1 Å². The van der Waals surface area contributed by atoms with E-state index < -0.39 is 0 Å². The molecule has 0 bridgehead atoms. The number of hydrogen-bond acceptors (Lipinski definition) is 2. The molecule has 2 nitrogen and oxygen atoms in total. The van der Waals surface area contributed by atoms with E-state index in [9.17, 15) is 0 Å². The van der Waals surface area contributed by atoms with Gasteiger partial charge in [0.1, 0.15) is 0 Å². The van der Waals surface area contributed by atoms with Crippen molar-refractivity contribution in [2.75, 3.05) is 13.1 Å². The summed E-state index contributed by atoms with van der Waals surface area (Å²) in [4.78, 5) is 0. The number of nitrogens with one attached hydrogen (secondary N) is 1. The smallest absolute Gasteiger partial charge is 0.0444 e. The Hall–Kier alpha value is -0.860. The third kappa shape index (κ3) is 4.96. The van der Waals surface area contributed by atoms with Gasteiger partial charge in [0.15, 0.2) is 0 Å². The fraction of sp³-hybridized carbons (Fsp3) is 0.647. The largest absolute Gasteiger partial charge is 0.329 e. The van der Waals surface area contributed by atoms with Gasteiger partial charge in [-0.2, -0.15) is 0 Å². The standard InChI is InChI=1S/C17H28N2/c1-13(2)11-15-5-7-16(8-6-15)17(12-18)19-10-9-14-3-4-14/h5-8,13-14,17,19H,3-4,9-12,18H2,1-2H3. The van der Waals surface area contributed by atoms with Crippen LogP contribution in [0.5, 0.6) is 0 Å². The van der Waals surface area contributed by atoms with Crippen LogP contribution in [0.15, 0.2) is 24.3 Å². The monoisotopic (exact) mass is 260 g/mol. The summed E-state index contributed by atoms with van der Waals surface area (Å²) in [6, 6.07) is 9.28. The Bertz CT molecular complexity index is 365. The van der Waals surface area contributed by atoms with Crippen molar-refractivity contribution in [2.45, 2.75) is 45.6 Å². The molecule has 1 saturated carbocycles. The van der Waals surface area contributed by atoms with Crippen LogP contribution in [0.2, 0.25) is 0 Å². The fourth-order valence-electron chi connectivity index (χ4n) is 2.56. The van der Waals surface area contributed by atoms with Gasteiger partial charge in [0.25, 0.3) is 0 Å². The maximum atomic E-state index is 5.89. The summed E-state index contributed by atoms with van der Waals surface area (Å²) in [5.74, 6) is 1.70. The first-order valence-electron chi connectivity index (χ1n) is 7.71. The Balaban J connectivity index is 1.85. The summed E-state index contributed by atoms with van der Waals surface area (Å²) in [6.45, 7) is 6.29. The highest BCUT2D eigenvalue weighted by atomic mass is 14.9. The van der Waals surface area contributed by atoms with Gasteiger partial charge in [-0.15, -0.1) is 0 Å². The number of nitrogens with two attached hydrogens (primary N) is 1. The highest BCUT2D eigenvalue weighted by Gasteiger charge is 2.20. The second-order valence-electron chi connectivity index (χ2n) is 6.31. The van der Waals surface area contributed by atoms with Gasteiger partial charge in [0.05, 0.1) is 0 Å². The van der Waals surface area contributed by atoms with E-state index in [-0.39, 0.29) is 0 Å². The van der Waals surface area contributed by atoms with Gasteiger partial charge in [-0.3, -0.25) is 0 Å². The van der Waals surface area contributed by atoms with Crippen LogP contribution in [0.25, 0.3) is 0 Å². The lowest BCUT2D eigenvalue weighted by Crippen LogP contribution is -2.29. The predicted octanol–water partition coefficient (Wildman–Crippen LogP) is 3.27. The maximum absolute atomic E-state index is 5.89. The molecule has 0 saturated heterocycles. The van der Waals surface area contributed by atoms with Gasteiger partial charge in [-0.1, -0.05) is 51.0 Å². The van der Waals surface area contributed by atoms with Gasteiger partial charge in [0, 0.05) is 12.6 Å². The lowest BCUT2D eigenvalue weighted by atomic mass is 9.99. The topological polar surface area (TPSA) is 38.0 Å². The summed E-state index contributed by atoms with van der Waals surface area (Å²) in [6.07, 6.45) is 5.32. The molecular formula is C17H28N2. The molecule has 1 aromatic rings. The molecule has 1 aliphatic rings. The molecule has 19 heavy (non-hydrogen) atoms. The van der Waals surface area contributed by atoms with Gasteiger partial charge in [-0.05, 0) is 42.3 Å². The van der Waals surface area contributed by atoms with Crippen molar-refractivity contribution >= 4 is 0 Å². The average Bonchev–Trinajstić information content (AvgIpc) is 3.19. The summed E-state index contributed by atoms with van der Waals surface area (Å²) < 4.78 is 0. The Morgan fingerprint density at radius 3 is 2.42 bits per heavy atom. The average molecular weight is 260 g/mol. The molecule has 1 aliphatic carbocycles. The predicted molar refractivity (Wildman–Crippen MR) is 82.1 cm³/mol. The summed E-state index contributed by atoms with van der Waals surface area (Å²) in [5, 5.41) is 3.59. The minimum absolute atomic E-state index is 0.312. The first-order valence-corrected chi connectivity index (χ1v) is 7.71. The van der Waals surface area contributed by atoms with E-state index in [0.29, 0.717) is 18.5 Å². The molecule has 3 N–H and O–H groups in total. The molecule has 1 unspecified atom stereocenters. The highest BCUT2D eigenvalue weighted by Crippen LogP contribution is 2.31. The van der Waals surface area contributed by atoms with Crippen LogP contribution in [0, 0.1) is 11.8 Å². The molecule has 0 amide bonds. The third-order valence-corrected chi connectivity index (χ3v) is 3.90. The summed E-state index contributed by atoms with van der Waals surface area (Å²) in [7, 11) is 0. The first-order chi connectivity index (χ1) is 9.19. The van der Waals surface area contributed by atoms with Gasteiger partial charge >= 0.3 is 0 Å². The third-order valence-electron chi connectivity index (χ3n) is 3.90. The Morgan fingerprint density at radius 1 is 1.21 bits per heavy atom. The first kappa shape index (κ1) is 14.5. The molecule has 2 rings (SSSR count). The van der Waals surface area contributed by atoms with Crippen LogP contribution in [-0.2, 0) is 6.42 Å². The molecule has 1 atom stereocenters. The normalized spacial score (nSPS) is 16.8. The quantitative estimate of drug-likeness (QED) is 0.753. The zero-order valence-electron chi connectivity index (χ0n) is 12.4. The van der Waals surface area contributed by atoms with Gasteiger partial charge in [0.2, 0.25) is 0 Å². The van der Waals surface area contributed by atoms with Crippen molar-refractivity contribution < 1.29 is 0 Å². The van der Waals surface area contributed by atoms with Crippen molar-refractivity contribution in [2.24, 2.45) is 17.6 Å². The van der Waals surface area contributed by atoms with Crippen molar-refractivity contribution in [3.63, 3.8) is 0 Å². The van der Waals surface area contributed by atoms with Crippen molar-refractivity contribution in [3.8, 4) is 0 Å². The zero-order valence-corrected chi connectivity index (χ0v) is 12.4. The minimum atomic E-state index is 0.312. The molecular weight excluding hydrogens is 232 g/mol. The molecule has 0 radical (unpaired) electrons. The number of benzene rings is 1. The second kappa shape index (κ2) is 7.06. The lowest BCUT2D eigenvalue weighted by molar-refractivity contribution is 0.516. The van der Waals surface area contributed by atoms with Crippen molar-refractivity contribution in [3.05, 3.63) is 35.4 Å². The molecule has 2 heteroatoms. The van der Waals surface area contributed by atoms with E-state index in [1.807, 2.05) is 0 Å². The van der Waals surface area contributed by atoms with Crippen LogP contribution in [0.3, 0.4) is 0 Å². The molecule has 0 aliphatic heterocycles. The maximum Gasteiger partial charge on any atom is 0.0444 e. The van der Waals surface area contributed by atoms with E-state index in [4.69, 9.17) is 5.73 Å². The number of hydrogen-bond donors (Lipinski definition) is 2. The highest BCUT2D eigenvalue weighted by molar-refractivity contribution is 5.25. The van der Waals surface area contributed by atoms with Crippen LogP contribution in [-0.4, -0.2) is 13.1 Å². The van der Waals surface area contributed by atoms with Crippen LogP contribution in [0.1, 0.15) is 50.3 Å². The summed E-state index contributed by atoms with van der Waals surface area (Å²) in [5.41, 5.74) is 8.64. The Kier molecular flexibility index (Phi) is 5.41. The van der Waals surface area contributed by atoms with Crippen molar-refractivity contribution in [1.82, 2.24) is 5.32 Å². The van der Waals surface area contributed by atoms with Gasteiger partial charge in [-0.25, -0.2) is 0 Å². The molecule has 106 valence electrons. The zero-order chi connectivity index (χ0) is 13.7. The van der Waals surface area contributed by atoms with E-state index in [1.54, 1.807) is 0 Å². The fourth-order valence-corrected chi connectivity index (χ4v) is 2.56. The van der Waals surface area contributed by atoms with Gasteiger partial charge < -0.3 is 11.1 Å². The molecule has 0 heterocycles. The minimum Gasteiger partial charge on any atom is -0.329 e. The van der Waals surface area contributed by atoms with E-state index in [2.05, 4.69) is 43.4 Å². The van der Waals surface area contributed by atoms with E-state index in [0.717, 1.165) is 18.9 Å². The van der Waals surface area contributed by atoms with E-state index in [1.165, 1.54) is 30.4 Å². The molecule has 1 aromatic carbocycles. The van der Waals surface area contributed by atoms with Crippen LogP contribution >= 0.6 is 0 Å². The Labute approximate surface area is 117 Å². The molecule has 1 fully saturated rings. The second-order valence-corrected chi connectivity index (χ2v) is 6.31.